The van der Waals surface area contributed by atoms with Crippen LogP contribution in [0.25, 0.3) is 0 Å². The summed E-state index contributed by atoms with van der Waals surface area (Å²) in [6, 6.07) is 8.08. The maximum absolute atomic E-state index is 11.7. The fourth-order valence-corrected chi connectivity index (χ4v) is 5.25. The van der Waals surface area contributed by atoms with E-state index in [0.29, 0.717) is 32.2 Å². The van der Waals surface area contributed by atoms with Crippen LogP contribution in [0.5, 0.6) is 11.5 Å². The molecule has 1 unspecified atom stereocenters. The normalized spacial score (nSPS) is 19.3. The van der Waals surface area contributed by atoms with E-state index < -0.39 is 10.0 Å². The van der Waals surface area contributed by atoms with Crippen molar-refractivity contribution in [3.05, 3.63) is 41.9 Å². The molecule has 1 saturated heterocycles. The van der Waals surface area contributed by atoms with Crippen LogP contribution in [0, 0.1) is 5.92 Å². The Morgan fingerprint density at radius 1 is 1.16 bits per heavy atom. The van der Waals surface area contributed by atoms with Gasteiger partial charge in [-0.3, -0.25) is 0 Å². The maximum Gasteiger partial charge on any atom is 0.211 e. The summed E-state index contributed by atoms with van der Waals surface area (Å²) >= 11 is 0. The van der Waals surface area contributed by atoms with E-state index in [1.54, 1.807) is 10.6 Å². The van der Waals surface area contributed by atoms with Crippen LogP contribution in [0.4, 0.5) is 5.82 Å². The van der Waals surface area contributed by atoms with Gasteiger partial charge in [0.05, 0.1) is 6.26 Å². The smallest absolute Gasteiger partial charge is 0.211 e. The van der Waals surface area contributed by atoms with Gasteiger partial charge >= 0.3 is 0 Å². The molecule has 1 N–H and O–H groups in total. The number of nitrogens with zero attached hydrogens (tertiary/aromatic N) is 3. The van der Waals surface area contributed by atoms with Crippen LogP contribution in [0.2, 0.25) is 0 Å². The number of nitrogens with one attached hydrogen (secondary N) is 1. The lowest BCUT2D eigenvalue weighted by atomic mass is 9.88. The van der Waals surface area contributed by atoms with Crippen LogP contribution >= 0.6 is 0 Å². The molecule has 9 heteroatoms. The number of sulfonamides is 1. The summed E-state index contributed by atoms with van der Waals surface area (Å²) in [5.41, 5.74) is 2.14. The molecule has 0 amide bonds. The van der Waals surface area contributed by atoms with E-state index >= 15 is 0 Å². The Balaban J connectivity index is 1.36. The molecule has 1 aromatic heterocycles. The summed E-state index contributed by atoms with van der Waals surface area (Å²) in [5, 5.41) is 3.46. The lowest BCUT2D eigenvalue weighted by Crippen LogP contribution is -2.37. The first-order valence-electron chi connectivity index (χ1n) is 11.2. The van der Waals surface area contributed by atoms with Crippen molar-refractivity contribution in [3.63, 3.8) is 0 Å². The minimum Gasteiger partial charge on any atom is -0.486 e. The summed E-state index contributed by atoms with van der Waals surface area (Å²) in [6.45, 7) is 7.43. The molecule has 174 valence electrons. The zero-order chi connectivity index (χ0) is 22.7. The molecular formula is C23H32N4O4S. The third-order valence-corrected chi connectivity index (χ3v) is 7.88. The lowest BCUT2D eigenvalue weighted by Gasteiger charge is -2.30. The number of rotatable bonds is 7. The highest BCUT2D eigenvalue weighted by Crippen LogP contribution is 2.40. The molecule has 8 nitrogen and oxygen atoms in total. The van der Waals surface area contributed by atoms with Crippen LogP contribution in [0.3, 0.4) is 0 Å². The molecule has 0 aliphatic carbocycles. The van der Waals surface area contributed by atoms with Crippen LogP contribution in [-0.2, 0) is 10.0 Å². The zero-order valence-electron chi connectivity index (χ0n) is 19.0. The quantitative estimate of drug-likeness (QED) is 0.678. The third kappa shape index (κ3) is 5.15. The second-order valence-electron chi connectivity index (χ2n) is 8.78. The molecule has 0 radical (unpaired) electrons. The standard InChI is InChI=1S/C23H32N4O4S/c1-16(17(2)19-5-4-6-21-23(19)31-12-11-30-21)14-24-22-13-20(25-15-26-22)18-7-9-27(10-8-18)32(3,28)29/h4-6,13,15-18H,7-12,14H2,1-3H3,(H,24,25,26)/t16?,17-/m1/s1. The topological polar surface area (TPSA) is 93.7 Å². The van der Waals surface area contributed by atoms with Crippen molar-refractivity contribution >= 4 is 15.8 Å². The molecule has 2 aromatic rings. The van der Waals surface area contributed by atoms with E-state index in [4.69, 9.17) is 9.47 Å². The van der Waals surface area contributed by atoms with E-state index in [0.717, 1.165) is 48.0 Å². The van der Waals surface area contributed by atoms with Gasteiger partial charge in [0, 0.05) is 42.9 Å². The van der Waals surface area contributed by atoms with Gasteiger partial charge in [-0.1, -0.05) is 26.0 Å². The minimum absolute atomic E-state index is 0.251. The van der Waals surface area contributed by atoms with E-state index in [2.05, 4.69) is 35.2 Å². The largest absolute Gasteiger partial charge is 0.486 e. The van der Waals surface area contributed by atoms with Gasteiger partial charge in [0.1, 0.15) is 25.4 Å². The van der Waals surface area contributed by atoms with Crippen molar-refractivity contribution < 1.29 is 17.9 Å². The van der Waals surface area contributed by atoms with Gasteiger partial charge in [0.15, 0.2) is 11.5 Å². The van der Waals surface area contributed by atoms with Gasteiger partial charge in [0.25, 0.3) is 0 Å². The molecule has 0 spiro atoms. The monoisotopic (exact) mass is 460 g/mol. The van der Waals surface area contributed by atoms with Crippen molar-refractivity contribution in [1.82, 2.24) is 14.3 Å². The van der Waals surface area contributed by atoms with Gasteiger partial charge < -0.3 is 14.8 Å². The average Bonchev–Trinajstić information content (AvgIpc) is 2.81. The first-order valence-corrected chi connectivity index (χ1v) is 13.1. The van der Waals surface area contributed by atoms with Crippen molar-refractivity contribution in [3.8, 4) is 11.5 Å². The minimum atomic E-state index is -3.12. The maximum atomic E-state index is 11.7. The van der Waals surface area contributed by atoms with E-state index in [-0.39, 0.29) is 11.8 Å². The number of fused-ring (bicyclic) bond motifs is 1. The molecule has 2 atom stereocenters. The number of benzene rings is 1. The predicted molar refractivity (Wildman–Crippen MR) is 124 cm³/mol. The van der Waals surface area contributed by atoms with Crippen molar-refractivity contribution in [2.24, 2.45) is 5.92 Å². The predicted octanol–water partition coefficient (Wildman–Crippen LogP) is 3.24. The molecule has 0 bridgehead atoms. The van der Waals surface area contributed by atoms with Gasteiger partial charge in [-0.25, -0.2) is 22.7 Å². The van der Waals surface area contributed by atoms with Gasteiger partial charge in [-0.2, -0.15) is 0 Å². The number of aromatic nitrogens is 2. The Kier molecular flexibility index (Phi) is 6.85. The lowest BCUT2D eigenvalue weighted by molar-refractivity contribution is 0.168. The molecule has 1 aromatic carbocycles. The van der Waals surface area contributed by atoms with Crippen molar-refractivity contribution in [2.75, 3.05) is 44.4 Å². The molecule has 32 heavy (non-hydrogen) atoms. The van der Waals surface area contributed by atoms with Gasteiger partial charge in [-0.05, 0) is 30.7 Å². The molecule has 2 aliphatic rings. The van der Waals surface area contributed by atoms with Gasteiger partial charge in [-0.15, -0.1) is 0 Å². The summed E-state index contributed by atoms with van der Waals surface area (Å²) < 4.78 is 36.7. The Hall–Kier alpha value is -2.39. The SMILES string of the molecule is CC(CNc1cc(C2CCN(S(C)(=O)=O)CC2)ncn1)[C@@H](C)c1cccc2c1OCCO2. The zero-order valence-corrected chi connectivity index (χ0v) is 19.8. The summed E-state index contributed by atoms with van der Waals surface area (Å²) in [6.07, 6.45) is 4.41. The Labute approximate surface area is 190 Å². The second kappa shape index (κ2) is 9.62. The van der Waals surface area contributed by atoms with E-state index in [9.17, 15) is 8.42 Å². The Morgan fingerprint density at radius 2 is 1.91 bits per heavy atom. The average molecular weight is 461 g/mol. The number of ether oxygens (including phenoxy) is 2. The summed E-state index contributed by atoms with van der Waals surface area (Å²) in [7, 11) is -3.12. The van der Waals surface area contributed by atoms with Crippen molar-refractivity contribution in [1.29, 1.82) is 0 Å². The van der Waals surface area contributed by atoms with Crippen LogP contribution in [0.15, 0.2) is 30.6 Å². The van der Waals surface area contributed by atoms with Crippen LogP contribution in [-0.4, -0.2) is 61.8 Å². The van der Waals surface area contributed by atoms with Crippen molar-refractivity contribution in [2.45, 2.75) is 38.5 Å². The molecule has 1 fully saturated rings. The summed E-state index contributed by atoms with van der Waals surface area (Å²) in [5.74, 6) is 3.35. The molecule has 2 aliphatic heterocycles. The highest BCUT2D eigenvalue weighted by atomic mass is 32.2. The first kappa shape index (κ1) is 22.8. The number of anilines is 1. The Bertz CT molecular complexity index is 1040. The highest BCUT2D eigenvalue weighted by molar-refractivity contribution is 7.88. The second-order valence-corrected chi connectivity index (χ2v) is 10.8. The molecule has 4 rings (SSSR count). The molecule has 0 saturated carbocycles. The van der Waals surface area contributed by atoms with Gasteiger partial charge in [0.2, 0.25) is 10.0 Å². The first-order chi connectivity index (χ1) is 15.3. The fourth-order valence-electron chi connectivity index (χ4n) is 4.38. The number of para-hydroxylation sites is 1. The van der Waals surface area contributed by atoms with Crippen LogP contribution in [0.1, 0.15) is 49.8 Å². The number of piperidine rings is 1. The molecular weight excluding hydrogens is 428 g/mol. The van der Waals surface area contributed by atoms with Crippen LogP contribution < -0.4 is 14.8 Å². The Morgan fingerprint density at radius 3 is 2.66 bits per heavy atom. The molecule has 3 heterocycles. The summed E-state index contributed by atoms with van der Waals surface area (Å²) in [4.78, 5) is 8.85. The van der Waals surface area contributed by atoms with E-state index in [1.807, 2.05) is 18.2 Å². The highest BCUT2D eigenvalue weighted by Gasteiger charge is 2.27. The number of hydrogen-bond donors (Lipinski definition) is 1. The van der Waals surface area contributed by atoms with E-state index in [1.165, 1.54) is 6.26 Å². The third-order valence-electron chi connectivity index (χ3n) is 6.58. The number of hydrogen-bond acceptors (Lipinski definition) is 7. The fraction of sp³-hybridized carbons (Fsp3) is 0.565.